The van der Waals surface area contributed by atoms with Crippen LogP contribution in [0, 0.1) is 5.41 Å². The standard InChI is InChI=1S/C17H23NO3/c1-3-17(4-2,16(20)21)10-15(19)18-11-13-9-12-7-5-6-8-14(12)13/h5-8,13H,3-4,9-11H2,1-2H3,(H,18,19)(H,20,21). The Morgan fingerprint density at radius 1 is 1.29 bits per heavy atom. The molecule has 1 unspecified atom stereocenters. The molecule has 2 N–H and O–H groups in total. The molecular formula is C17H23NO3. The summed E-state index contributed by atoms with van der Waals surface area (Å²) in [4.78, 5) is 23.5. The van der Waals surface area contributed by atoms with Gasteiger partial charge in [0, 0.05) is 18.9 Å². The molecule has 1 aromatic rings. The average molecular weight is 289 g/mol. The smallest absolute Gasteiger partial charge is 0.310 e. The minimum Gasteiger partial charge on any atom is -0.481 e. The van der Waals surface area contributed by atoms with Crippen LogP contribution in [0.3, 0.4) is 0 Å². The normalized spacial score (nSPS) is 16.8. The third-order valence-electron chi connectivity index (χ3n) is 4.81. The minimum atomic E-state index is -0.929. The third-order valence-corrected chi connectivity index (χ3v) is 4.81. The molecule has 2 rings (SSSR count). The van der Waals surface area contributed by atoms with Crippen molar-refractivity contribution in [3.63, 3.8) is 0 Å². The molecule has 0 aliphatic heterocycles. The van der Waals surface area contributed by atoms with Gasteiger partial charge >= 0.3 is 5.97 Å². The second kappa shape index (κ2) is 6.29. The summed E-state index contributed by atoms with van der Waals surface area (Å²) in [6.45, 7) is 4.25. The van der Waals surface area contributed by atoms with Gasteiger partial charge in [-0.15, -0.1) is 0 Å². The number of nitrogens with one attached hydrogen (secondary N) is 1. The molecule has 0 aromatic heterocycles. The van der Waals surface area contributed by atoms with E-state index in [4.69, 9.17) is 0 Å². The van der Waals surface area contributed by atoms with Crippen molar-refractivity contribution >= 4 is 11.9 Å². The van der Waals surface area contributed by atoms with Crippen molar-refractivity contribution in [3.8, 4) is 0 Å². The fourth-order valence-corrected chi connectivity index (χ4v) is 3.03. The van der Waals surface area contributed by atoms with Gasteiger partial charge in [-0.1, -0.05) is 38.1 Å². The van der Waals surface area contributed by atoms with Crippen LogP contribution in [-0.2, 0) is 16.0 Å². The van der Waals surface area contributed by atoms with Crippen LogP contribution in [0.5, 0.6) is 0 Å². The zero-order valence-corrected chi connectivity index (χ0v) is 12.7. The summed E-state index contributed by atoms with van der Waals surface area (Å²) in [6.07, 6.45) is 1.99. The molecule has 0 radical (unpaired) electrons. The first-order valence-corrected chi connectivity index (χ1v) is 7.60. The van der Waals surface area contributed by atoms with Gasteiger partial charge in [0.25, 0.3) is 0 Å². The number of carbonyl (C=O) groups is 2. The van der Waals surface area contributed by atoms with Gasteiger partial charge < -0.3 is 10.4 Å². The van der Waals surface area contributed by atoms with Crippen molar-refractivity contribution in [1.29, 1.82) is 0 Å². The highest BCUT2D eigenvalue weighted by Crippen LogP contribution is 2.34. The van der Waals surface area contributed by atoms with Crippen molar-refractivity contribution < 1.29 is 14.7 Å². The Morgan fingerprint density at radius 3 is 2.52 bits per heavy atom. The number of amides is 1. The van der Waals surface area contributed by atoms with E-state index in [1.165, 1.54) is 11.1 Å². The van der Waals surface area contributed by atoms with Crippen LogP contribution in [0.4, 0.5) is 0 Å². The number of hydrogen-bond donors (Lipinski definition) is 2. The molecule has 1 aliphatic carbocycles. The number of hydrogen-bond acceptors (Lipinski definition) is 2. The molecule has 0 heterocycles. The van der Waals surface area contributed by atoms with Crippen LogP contribution in [0.2, 0.25) is 0 Å². The molecule has 21 heavy (non-hydrogen) atoms. The van der Waals surface area contributed by atoms with E-state index in [0.717, 1.165) is 6.42 Å². The molecule has 1 atom stereocenters. The first-order valence-electron chi connectivity index (χ1n) is 7.60. The minimum absolute atomic E-state index is 0.0592. The monoisotopic (exact) mass is 289 g/mol. The summed E-state index contributed by atoms with van der Waals surface area (Å²) < 4.78 is 0. The van der Waals surface area contributed by atoms with Crippen LogP contribution in [0.15, 0.2) is 24.3 Å². The largest absolute Gasteiger partial charge is 0.481 e. The van der Waals surface area contributed by atoms with Crippen LogP contribution < -0.4 is 5.32 Å². The summed E-state index contributed by atoms with van der Waals surface area (Å²) in [7, 11) is 0. The summed E-state index contributed by atoms with van der Waals surface area (Å²) in [6, 6.07) is 8.24. The van der Waals surface area contributed by atoms with E-state index in [9.17, 15) is 14.7 Å². The van der Waals surface area contributed by atoms with E-state index in [1.807, 2.05) is 26.0 Å². The van der Waals surface area contributed by atoms with E-state index in [1.54, 1.807) is 0 Å². The third kappa shape index (κ3) is 3.09. The highest BCUT2D eigenvalue weighted by molar-refractivity contribution is 5.85. The lowest BCUT2D eigenvalue weighted by Gasteiger charge is -2.31. The molecule has 0 saturated carbocycles. The summed E-state index contributed by atoms with van der Waals surface area (Å²) >= 11 is 0. The van der Waals surface area contributed by atoms with Crippen molar-refractivity contribution in [3.05, 3.63) is 35.4 Å². The molecule has 1 amide bonds. The summed E-state index contributed by atoms with van der Waals surface area (Å²) in [5.41, 5.74) is 1.72. The second-order valence-corrected chi connectivity index (χ2v) is 5.87. The number of fused-ring (bicyclic) bond motifs is 1. The Balaban J connectivity index is 1.87. The van der Waals surface area contributed by atoms with Crippen molar-refractivity contribution in [2.45, 2.75) is 45.4 Å². The lowest BCUT2D eigenvalue weighted by atomic mass is 9.77. The Bertz CT molecular complexity index is 535. The lowest BCUT2D eigenvalue weighted by Crippen LogP contribution is -2.39. The maximum Gasteiger partial charge on any atom is 0.310 e. The van der Waals surface area contributed by atoms with E-state index in [2.05, 4.69) is 17.4 Å². The van der Waals surface area contributed by atoms with E-state index in [0.29, 0.717) is 25.3 Å². The molecule has 0 fully saturated rings. The zero-order valence-electron chi connectivity index (χ0n) is 12.7. The first-order chi connectivity index (χ1) is 10.0. The number of aliphatic carboxylic acids is 1. The summed E-state index contributed by atoms with van der Waals surface area (Å²) in [5, 5.41) is 12.3. The highest BCUT2D eigenvalue weighted by Gasteiger charge is 2.37. The predicted octanol–water partition coefficient (Wildman–Crippen LogP) is 2.72. The molecule has 0 saturated heterocycles. The van der Waals surface area contributed by atoms with Crippen molar-refractivity contribution in [1.82, 2.24) is 5.32 Å². The van der Waals surface area contributed by atoms with Crippen molar-refractivity contribution in [2.24, 2.45) is 5.41 Å². The van der Waals surface area contributed by atoms with Gasteiger partial charge in [-0.3, -0.25) is 9.59 Å². The Labute approximate surface area is 125 Å². The SMILES string of the molecule is CCC(CC)(CC(=O)NCC1Cc2ccccc21)C(=O)O. The number of carbonyl (C=O) groups excluding carboxylic acids is 1. The van der Waals surface area contributed by atoms with Gasteiger partial charge in [0.05, 0.1) is 5.41 Å². The molecule has 1 aliphatic rings. The molecule has 4 nitrogen and oxygen atoms in total. The molecular weight excluding hydrogens is 266 g/mol. The number of rotatable bonds is 7. The fraction of sp³-hybridized carbons (Fsp3) is 0.529. The maximum atomic E-state index is 12.1. The maximum absolute atomic E-state index is 12.1. The Kier molecular flexibility index (Phi) is 4.66. The van der Waals surface area contributed by atoms with Gasteiger partial charge in [-0.2, -0.15) is 0 Å². The molecule has 4 heteroatoms. The summed E-state index contributed by atoms with van der Waals surface area (Å²) in [5.74, 6) is -0.672. The first kappa shape index (κ1) is 15.5. The molecule has 114 valence electrons. The van der Waals surface area contributed by atoms with Crippen molar-refractivity contribution in [2.75, 3.05) is 6.54 Å². The van der Waals surface area contributed by atoms with E-state index in [-0.39, 0.29) is 12.3 Å². The molecule has 0 spiro atoms. The predicted molar refractivity (Wildman–Crippen MR) is 81.2 cm³/mol. The lowest BCUT2D eigenvalue weighted by molar-refractivity contribution is -0.152. The Hall–Kier alpha value is -1.84. The van der Waals surface area contributed by atoms with Gasteiger partial charge in [-0.05, 0) is 30.4 Å². The van der Waals surface area contributed by atoms with E-state index < -0.39 is 11.4 Å². The Morgan fingerprint density at radius 2 is 1.95 bits per heavy atom. The van der Waals surface area contributed by atoms with Crippen LogP contribution in [-0.4, -0.2) is 23.5 Å². The quantitative estimate of drug-likeness (QED) is 0.811. The van der Waals surface area contributed by atoms with Gasteiger partial charge in [0.1, 0.15) is 0 Å². The van der Waals surface area contributed by atoms with E-state index >= 15 is 0 Å². The average Bonchev–Trinajstić information content (AvgIpc) is 2.45. The highest BCUT2D eigenvalue weighted by atomic mass is 16.4. The van der Waals surface area contributed by atoms with Crippen LogP contribution in [0.25, 0.3) is 0 Å². The second-order valence-electron chi connectivity index (χ2n) is 5.87. The fourth-order valence-electron chi connectivity index (χ4n) is 3.03. The number of carboxylic acids is 1. The molecule has 1 aromatic carbocycles. The number of carboxylic acid groups (broad SMARTS) is 1. The van der Waals surface area contributed by atoms with Gasteiger partial charge in [-0.25, -0.2) is 0 Å². The van der Waals surface area contributed by atoms with Crippen LogP contribution in [0.1, 0.15) is 50.2 Å². The topological polar surface area (TPSA) is 66.4 Å². The molecule has 0 bridgehead atoms. The zero-order chi connectivity index (χ0) is 15.5. The van der Waals surface area contributed by atoms with Gasteiger partial charge in [0.15, 0.2) is 0 Å². The van der Waals surface area contributed by atoms with Crippen LogP contribution >= 0.6 is 0 Å². The van der Waals surface area contributed by atoms with Gasteiger partial charge in [0.2, 0.25) is 5.91 Å². The number of benzene rings is 1.